The maximum Gasteiger partial charge on any atom is 0.329 e. The molecule has 2 amide bonds. The molecule has 0 aliphatic carbocycles. The van der Waals surface area contributed by atoms with Crippen molar-refractivity contribution in [1.29, 1.82) is 0 Å². The van der Waals surface area contributed by atoms with Gasteiger partial charge in [-0.3, -0.25) is 0 Å². The van der Waals surface area contributed by atoms with Crippen LogP contribution in [0.2, 0.25) is 0 Å². The molecule has 1 rings (SSSR count). The number of nitrogens with zero attached hydrogens (tertiary/aromatic N) is 1. The van der Waals surface area contributed by atoms with E-state index in [1.54, 1.807) is 4.90 Å². The van der Waals surface area contributed by atoms with Gasteiger partial charge < -0.3 is 25.4 Å². The first kappa shape index (κ1) is 13.7. The Balaban J connectivity index is 2.09. The summed E-state index contributed by atoms with van der Waals surface area (Å²) in [6.45, 7) is 3.40. The highest BCUT2D eigenvalue weighted by molar-refractivity contribution is 5.74. The Morgan fingerprint density at radius 2 is 2.18 bits per heavy atom. The van der Waals surface area contributed by atoms with E-state index in [2.05, 4.69) is 10.6 Å². The molecule has 17 heavy (non-hydrogen) atoms. The molecule has 1 aliphatic heterocycles. The van der Waals surface area contributed by atoms with Crippen molar-refractivity contribution in [2.24, 2.45) is 0 Å². The summed E-state index contributed by atoms with van der Waals surface area (Å²) in [5.74, 6) is -1.00. The number of carboxylic acids is 1. The van der Waals surface area contributed by atoms with Crippen LogP contribution in [0.3, 0.4) is 0 Å². The molecular weight excluding hydrogens is 226 g/mol. The first-order valence-electron chi connectivity index (χ1n) is 5.73. The third kappa shape index (κ3) is 6.08. The molecule has 0 atom stereocenters. The zero-order valence-electron chi connectivity index (χ0n) is 9.78. The van der Waals surface area contributed by atoms with Crippen molar-refractivity contribution in [2.75, 3.05) is 45.9 Å². The highest BCUT2D eigenvalue weighted by Gasteiger charge is 2.14. The zero-order chi connectivity index (χ0) is 12.5. The number of hydrogen-bond donors (Lipinski definition) is 3. The molecule has 0 spiro atoms. The highest BCUT2D eigenvalue weighted by atomic mass is 16.5. The van der Waals surface area contributed by atoms with Crippen LogP contribution in [0.15, 0.2) is 0 Å². The molecule has 1 saturated heterocycles. The minimum absolute atomic E-state index is 0.118. The van der Waals surface area contributed by atoms with Crippen molar-refractivity contribution in [3.05, 3.63) is 0 Å². The summed E-state index contributed by atoms with van der Waals surface area (Å²) >= 11 is 0. The number of amides is 2. The van der Waals surface area contributed by atoms with E-state index in [-0.39, 0.29) is 19.2 Å². The minimum Gasteiger partial charge on any atom is -0.480 e. The quantitative estimate of drug-likeness (QED) is 0.546. The SMILES string of the molecule is O=C(O)COCCNC(=O)N1CCCNCC1. The Morgan fingerprint density at radius 3 is 2.94 bits per heavy atom. The van der Waals surface area contributed by atoms with Crippen LogP contribution >= 0.6 is 0 Å². The van der Waals surface area contributed by atoms with Crippen LogP contribution in [0.5, 0.6) is 0 Å². The number of hydrogen-bond acceptors (Lipinski definition) is 4. The number of carbonyl (C=O) groups excluding carboxylic acids is 1. The molecule has 3 N–H and O–H groups in total. The van der Waals surface area contributed by atoms with Crippen molar-refractivity contribution < 1.29 is 19.4 Å². The second-order valence-corrected chi connectivity index (χ2v) is 3.77. The smallest absolute Gasteiger partial charge is 0.329 e. The molecule has 1 heterocycles. The highest BCUT2D eigenvalue weighted by Crippen LogP contribution is 1.95. The van der Waals surface area contributed by atoms with Gasteiger partial charge in [-0.1, -0.05) is 0 Å². The maximum absolute atomic E-state index is 11.7. The third-order valence-electron chi connectivity index (χ3n) is 2.38. The van der Waals surface area contributed by atoms with Crippen molar-refractivity contribution in [1.82, 2.24) is 15.5 Å². The Kier molecular flexibility index (Phi) is 6.34. The van der Waals surface area contributed by atoms with Crippen LogP contribution in [0, 0.1) is 0 Å². The summed E-state index contributed by atoms with van der Waals surface area (Å²) < 4.78 is 4.81. The average Bonchev–Trinajstić information content (AvgIpc) is 2.56. The number of rotatable bonds is 5. The Hall–Kier alpha value is -1.34. The van der Waals surface area contributed by atoms with Crippen LogP contribution in [0.4, 0.5) is 4.79 Å². The lowest BCUT2D eigenvalue weighted by Crippen LogP contribution is -2.42. The second-order valence-electron chi connectivity index (χ2n) is 3.77. The number of ether oxygens (including phenoxy) is 1. The lowest BCUT2D eigenvalue weighted by molar-refractivity contribution is -0.142. The summed E-state index contributed by atoms with van der Waals surface area (Å²) in [4.78, 5) is 23.6. The monoisotopic (exact) mass is 245 g/mol. The lowest BCUT2D eigenvalue weighted by Gasteiger charge is -2.20. The van der Waals surface area contributed by atoms with Gasteiger partial charge in [-0.15, -0.1) is 0 Å². The van der Waals surface area contributed by atoms with Crippen LogP contribution in [0.1, 0.15) is 6.42 Å². The predicted molar refractivity (Wildman–Crippen MR) is 60.9 cm³/mol. The molecule has 7 heteroatoms. The standard InChI is InChI=1S/C10H19N3O4/c14-9(15)8-17-7-4-12-10(16)13-5-1-2-11-3-6-13/h11H,1-8H2,(H,12,16)(H,14,15). The number of carbonyl (C=O) groups is 2. The van der Waals surface area contributed by atoms with Crippen LogP contribution < -0.4 is 10.6 Å². The molecule has 7 nitrogen and oxygen atoms in total. The number of urea groups is 1. The van der Waals surface area contributed by atoms with E-state index >= 15 is 0 Å². The third-order valence-corrected chi connectivity index (χ3v) is 2.38. The van der Waals surface area contributed by atoms with E-state index in [1.807, 2.05) is 0 Å². The Bertz CT molecular complexity index is 252. The molecule has 0 radical (unpaired) electrons. The van der Waals surface area contributed by atoms with E-state index < -0.39 is 5.97 Å². The van der Waals surface area contributed by atoms with Crippen LogP contribution in [-0.4, -0.2) is 67.9 Å². The molecule has 1 aliphatic rings. The summed E-state index contributed by atoms with van der Waals surface area (Å²) in [7, 11) is 0. The molecule has 1 fully saturated rings. The number of carboxylic acid groups (broad SMARTS) is 1. The van der Waals surface area contributed by atoms with E-state index in [9.17, 15) is 9.59 Å². The summed E-state index contributed by atoms with van der Waals surface area (Å²) in [6.07, 6.45) is 0.947. The first-order valence-corrected chi connectivity index (χ1v) is 5.73. The average molecular weight is 245 g/mol. The summed E-state index contributed by atoms with van der Waals surface area (Å²) in [6, 6.07) is -0.118. The van der Waals surface area contributed by atoms with E-state index in [0.717, 1.165) is 26.1 Å². The maximum atomic E-state index is 11.7. The number of aliphatic carboxylic acids is 1. The molecule has 98 valence electrons. The molecule has 0 unspecified atom stereocenters. The normalized spacial score (nSPS) is 16.4. The van der Waals surface area contributed by atoms with E-state index in [0.29, 0.717) is 13.1 Å². The van der Waals surface area contributed by atoms with Gasteiger partial charge >= 0.3 is 12.0 Å². The van der Waals surface area contributed by atoms with Crippen molar-refractivity contribution in [2.45, 2.75) is 6.42 Å². The van der Waals surface area contributed by atoms with E-state index in [4.69, 9.17) is 9.84 Å². The second kappa shape index (κ2) is 7.86. The topological polar surface area (TPSA) is 90.9 Å². The van der Waals surface area contributed by atoms with Gasteiger partial charge in [0.2, 0.25) is 0 Å². The van der Waals surface area contributed by atoms with Crippen LogP contribution in [-0.2, 0) is 9.53 Å². The largest absolute Gasteiger partial charge is 0.480 e. The van der Waals surface area contributed by atoms with Gasteiger partial charge in [0.15, 0.2) is 0 Å². The van der Waals surface area contributed by atoms with Crippen molar-refractivity contribution in [3.63, 3.8) is 0 Å². The van der Waals surface area contributed by atoms with Gasteiger partial charge in [-0.25, -0.2) is 9.59 Å². The lowest BCUT2D eigenvalue weighted by atomic mass is 10.4. The van der Waals surface area contributed by atoms with E-state index in [1.165, 1.54) is 0 Å². The molecular formula is C10H19N3O4. The zero-order valence-corrected chi connectivity index (χ0v) is 9.78. The van der Waals surface area contributed by atoms with Gasteiger partial charge in [0.05, 0.1) is 6.61 Å². The predicted octanol–water partition coefficient (Wildman–Crippen LogP) is -0.907. The van der Waals surface area contributed by atoms with Crippen LogP contribution in [0.25, 0.3) is 0 Å². The fourth-order valence-corrected chi connectivity index (χ4v) is 1.55. The minimum atomic E-state index is -1.00. The summed E-state index contributed by atoms with van der Waals surface area (Å²) in [5.41, 5.74) is 0. The molecule has 0 aromatic carbocycles. The molecule has 0 saturated carbocycles. The van der Waals surface area contributed by atoms with Gasteiger partial charge in [0.1, 0.15) is 6.61 Å². The summed E-state index contributed by atoms with van der Waals surface area (Å²) in [5, 5.41) is 14.2. The van der Waals surface area contributed by atoms with Gasteiger partial charge in [0.25, 0.3) is 0 Å². The Morgan fingerprint density at radius 1 is 1.35 bits per heavy atom. The fourth-order valence-electron chi connectivity index (χ4n) is 1.55. The van der Waals surface area contributed by atoms with Crippen molar-refractivity contribution >= 4 is 12.0 Å². The first-order chi connectivity index (χ1) is 8.20. The molecule has 0 aromatic heterocycles. The van der Waals surface area contributed by atoms with Gasteiger partial charge in [0, 0.05) is 26.2 Å². The molecule has 0 aromatic rings. The van der Waals surface area contributed by atoms with Crippen molar-refractivity contribution in [3.8, 4) is 0 Å². The van der Waals surface area contributed by atoms with Gasteiger partial charge in [-0.2, -0.15) is 0 Å². The van der Waals surface area contributed by atoms with Gasteiger partial charge in [-0.05, 0) is 13.0 Å². The molecule has 0 bridgehead atoms. The fraction of sp³-hybridized carbons (Fsp3) is 0.800. The number of nitrogens with one attached hydrogen (secondary N) is 2. The Labute approximate surface area is 100 Å².